The Morgan fingerprint density at radius 1 is 0.759 bits per heavy atom. The topological polar surface area (TPSA) is 28.5 Å². The first-order valence-corrected chi connectivity index (χ1v) is 11.4. The third-order valence-electron chi connectivity index (χ3n) is 4.71. The molecule has 1 unspecified atom stereocenters. The highest BCUT2D eigenvalue weighted by Gasteiger charge is 2.00. The van der Waals surface area contributed by atoms with Crippen LogP contribution in [0.15, 0.2) is 36.4 Å². The number of benzene rings is 2. The summed E-state index contributed by atoms with van der Waals surface area (Å²) >= 11 is 12.0. The monoisotopic (exact) mass is 438 g/mol. The number of halogens is 2. The average Bonchev–Trinajstić information content (AvgIpc) is 2.69. The molecule has 0 heterocycles. The Morgan fingerprint density at radius 3 is 1.72 bits per heavy atom. The number of anilines is 2. The third-order valence-corrected chi connectivity index (χ3v) is 5.52. The standard InChI is InChI=1S/C14H23ClN2.C10H14ClN/c1-4-9-17(3)10-5-8-16-13-7-6-12(2)14(15)11-13;1-3-6-12-9-5-4-8(2)10(11)7-9/h6-7,11,16H,4-5,8-10H2,1-3H3;4-5,7,12H,3,6H2,1-2H3/p+1. The summed E-state index contributed by atoms with van der Waals surface area (Å²) in [6, 6.07) is 12.2. The molecule has 0 amide bonds. The maximum atomic E-state index is 6.07. The summed E-state index contributed by atoms with van der Waals surface area (Å²) < 4.78 is 0. The van der Waals surface area contributed by atoms with Gasteiger partial charge in [0.05, 0.1) is 20.1 Å². The fraction of sp³-hybridized carbons (Fsp3) is 0.500. The SMILES string of the molecule is CCCNc1ccc(C)c(Cl)c1.CCC[NH+](C)CCCNc1ccc(C)c(Cl)c1. The highest BCUT2D eigenvalue weighted by molar-refractivity contribution is 6.31. The summed E-state index contributed by atoms with van der Waals surface area (Å²) in [7, 11) is 2.26. The van der Waals surface area contributed by atoms with E-state index in [2.05, 4.69) is 49.7 Å². The molecular weight excluding hydrogens is 401 g/mol. The zero-order chi connectivity index (χ0) is 21.6. The molecule has 0 aliphatic rings. The van der Waals surface area contributed by atoms with Crippen molar-refractivity contribution in [3.8, 4) is 0 Å². The maximum absolute atomic E-state index is 6.07. The Labute approximate surface area is 187 Å². The molecule has 0 aromatic heterocycles. The van der Waals surface area contributed by atoms with Gasteiger partial charge in [0.15, 0.2) is 0 Å². The van der Waals surface area contributed by atoms with E-state index < -0.39 is 0 Å². The minimum absolute atomic E-state index is 0.830. The van der Waals surface area contributed by atoms with Gasteiger partial charge in [0.1, 0.15) is 0 Å². The molecule has 2 rings (SSSR count). The van der Waals surface area contributed by atoms with Gasteiger partial charge in [-0.3, -0.25) is 0 Å². The van der Waals surface area contributed by atoms with Crippen LogP contribution in [0.1, 0.15) is 44.2 Å². The molecule has 0 spiro atoms. The third kappa shape index (κ3) is 10.8. The second kappa shape index (κ2) is 14.5. The van der Waals surface area contributed by atoms with Gasteiger partial charge in [-0.05, 0) is 62.1 Å². The molecule has 0 radical (unpaired) electrons. The summed E-state index contributed by atoms with van der Waals surface area (Å²) in [5.41, 5.74) is 4.48. The molecule has 0 aliphatic carbocycles. The van der Waals surface area contributed by atoms with Gasteiger partial charge in [0, 0.05) is 40.9 Å². The maximum Gasteiger partial charge on any atom is 0.0785 e. The molecule has 29 heavy (non-hydrogen) atoms. The van der Waals surface area contributed by atoms with Crippen molar-refractivity contribution in [2.24, 2.45) is 0 Å². The lowest BCUT2D eigenvalue weighted by atomic mass is 10.2. The molecule has 2 aromatic rings. The van der Waals surface area contributed by atoms with Crippen molar-refractivity contribution >= 4 is 34.6 Å². The highest BCUT2D eigenvalue weighted by atomic mass is 35.5. The van der Waals surface area contributed by atoms with E-state index in [1.807, 2.05) is 32.0 Å². The van der Waals surface area contributed by atoms with Crippen LogP contribution in [0, 0.1) is 13.8 Å². The van der Waals surface area contributed by atoms with Gasteiger partial charge < -0.3 is 15.5 Å². The van der Waals surface area contributed by atoms with Crippen molar-refractivity contribution in [3.05, 3.63) is 57.6 Å². The molecule has 5 heteroatoms. The van der Waals surface area contributed by atoms with Gasteiger partial charge in [-0.2, -0.15) is 0 Å². The number of rotatable bonds is 10. The lowest BCUT2D eigenvalue weighted by Crippen LogP contribution is -3.09. The number of hydrogen-bond acceptors (Lipinski definition) is 2. The smallest absolute Gasteiger partial charge is 0.0785 e. The van der Waals surface area contributed by atoms with Crippen LogP contribution in [0.4, 0.5) is 11.4 Å². The van der Waals surface area contributed by atoms with E-state index in [0.29, 0.717) is 0 Å². The lowest BCUT2D eigenvalue weighted by Gasteiger charge is -2.13. The van der Waals surface area contributed by atoms with E-state index in [-0.39, 0.29) is 0 Å². The van der Waals surface area contributed by atoms with Crippen molar-refractivity contribution < 1.29 is 4.90 Å². The van der Waals surface area contributed by atoms with Crippen LogP contribution in [0.5, 0.6) is 0 Å². The molecule has 0 fully saturated rings. The summed E-state index contributed by atoms with van der Waals surface area (Å²) in [4.78, 5) is 1.61. The summed E-state index contributed by atoms with van der Waals surface area (Å²) in [5.74, 6) is 0. The van der Waals surface area contributed by atoms with E-state index in [0.717, 1.165) is 52.1 Å². The number of aryl methyl sites for hydroxylation is 2. The molecule has 3 N–H and O–H groups in total. The summed E-state index contributed by atoms with van der Waals surface area (Å²) in [6.07, 6.45) is 3.58. The Balaban J connectivity index is 0.000000308. The molecule has 0 saturated heterocycles. The Kier molecular flexibility index (Phi) is 12.8. The van der Waals surface area contributed by atoms with Gasteiger partial charge in [0.25, 0.3) is 0 Å². The van der Waals surface area contributed by atoms with Gasteiger partial charge in [-0.25, -0.2) is 0 Å². The minimum Gasteiger partial charge on any atom is -0.385 e. The first kappa shape index (κ1) is 25.6. The molecule has 0 saturated carbocycles. The van der Waals surface area contributed by atoms with Crippen LogP contribution in [0.2, 0.25) is 10.0 Å². The van der Waals surface area contributed by atoms with E-state index >= 15 is 0 Å². The Hall–Kier alpha value is -1.42. The van der Waals surface area contributed by atoms with Crippen LogP contribution in [-0.4, -0.2) is 33.2 Å². The van der Waals surface area contributed by atoms with Gasteiger partial charge in [-0.1, -0.05) is 49.2 Å². The van der Waals surface area contributed by atoms with Crippen molar-refractivity contribution in [2.45, 2.75) is 47.0 Å². The van der Waals surface area contributed by atoms with Gasteiger partial charge >= 0.3 is 0 Å². The van der Waals surface area contributed by atoms with E-state index in [1.165, 1.54) is 25.9 Å². The Morgan fingerprint density at radius 2 is 1.28 bits per heavy atom. The van der Waals surface area contributed by atoms with Gasteiger partial charge in [0.2, 0.25) is 0 Å². The van der Waals surface area contributed by atoms with Crippen LogP contribution in [-0.2, 0) is 0 Å². The minimum atomic E-state index is 0.830. The fourth-order valence-electron chi connectivity index (χ4n) is 2.85. The predicted octanol–water partition coefficient (Wildman–Crippen LogP) is 5.85. The quantitative estimate of drug-likeness (QED) is 0.406. The van der Waals surface area contributed by atoms with Crippen LogP contribution in [0.25, 0.3) is 0 Å². The average molecular weight is 439 g/mol. The second-order valence-corrected chi connectivity index (χ2v) is 8.41. The van der Waals surface area contributed by atoms with E-state index in [4.69, 9.17) is 23.2 Å². The largest absolute Gasteiger partial charge is 0.385 e. The van der Waals surface area contributed by atoms with Crippen LogP contribution >= 0.6 is 23.2 Å². The van der Waals surface area contributed by atoms with Gasteiger partial charge in [-0.15, -0.1) is 0 Å². The normalized spacial score (nSPS) is 11.4. The molecule has 3 nitrogen and oxygen atoms in total. The zero-order valence-electron chi connectivity index (χ0n) is 18.7. The van der Waals surface area contributed by atoms with Crippen molar-refractivity contribution in [1.82, 2.24) is 0 Å². The molecule has 2 aromatic carbocycles. The van der Waals surface area contributed by atoms with Crippen molar-refractivity contribution in [2.75, 3.05) is 43.9 Å². The highest BCUT2D eigenvalue weighted by Crippen LogP contribution is 2.20. The van der Waals surface area contributed by atoms with Crippen molar-refractivity contribution in [1.29, 1.82) is 0 Å². The van der Waals surface area contributed by atoms with E-state index in [9.17, 15) is 0 Å². The number of nitrogens with one attached hydrogen (secondary N) is 3. The summed E-state index contributed by atoms with van der Waals surface area (Å²) in [6.45, 7) is 12.9. The predicted molar refractivity (Wildman–Crippen MR) is 131 cm³/mol. The molecule has 0 aliphatic heterocycles. The first-order valence-electron chi connectivity index (χ1n) is 10.7. The lowest BCUT2D eigenvalue weighted by molar-refractivity contribution is -0.879. The number of hydrogen-bond donors (Lipinski definition) is 3. The van der Waals surface area contributed by atoms with E-state index in [1.54, 1.807) is 4.90 Å². The van der Waals surface area contributed by atoms with Crippen molar-refractivity contribution in [3.63, 3.8) is 0 Å². The fourth-order valence-corrected chi connectivity index (χ4v) is 3.21. The van der Waals surface area contributed by atoms with Crippen LogP contribution in [0.3, 0.4) is 0 Å². The summed E-state index contributed by atoms with van der Waals surface area (Å²) in [5, 5.41) is 8.36. The molecule has 0 bridgehead atoms. The Bertz CT molecular complexity index is 719. The first-order chi connectivity index (χ1) is 13.9. The second-order valence-electron chi connectivity index (χ2n) is 7.59. The zero-order valence-corrected chi connectivity index (χ0v) is 20.2. The van der Waals surface area contributed by atoms with Crippen LogP contribution < -0.4 is 15.5 Å². The molecule has 1 atom stereocenters. The number of quaternary nitrogens is 1. The molecule has 162 valence electrons. The molecular formula is C24H38Cl2N3+.